The van der Waals surface area contributed by atoms with Crippen molar-refractivity contribution in [2.75, 3.05) is 0 Å². The maximum absolute atomic E-state index is 13.9. The van der Waals surface area contributed by atoms with Crippen LogP contribution in [0.2, 0.25) is 0 Å². The number of carbonyl (C=O) groups is 1. The Balaban J connectivity index is 2.92. The second kappa shape index (κ2) is 3.02. The minimum absolute atomic E-state index is 0.0637. The summed E-state index contributed by atoms with van der Waals surface area (Å²) in [6.45, 7) is 3.79. The van der Waals surface area contributed by atoms with Gasteiger partial charge in [-0.05, 0) is 11.8 Å². The second-order valence-corrected chi connectivity index (χ2v) is 4.38. The summed E-state index contributed by atoms with van der Waals surface area (Å²) in [7, 11) is 0. The predicted octanol–water partition coefficient (Wildman–Crippen LogP) is 1.39. The van der Waals surface area contributed by atoms with Crippen LogP contribution in [0.4, 0.5) is 4.39 Å². The fraction of sp³-hybridized carbons (Fsp3) is 0.700. The van der Waals surface area contributed by atoms with Gasteiger partial charge in [-0.1, -0.05) is 19.8 Å². The molecule has 0 aromatic rings. The molecule has 0 saturated carbocycles. The van der Waals surface area contributed by atoms with E-state index >= 15 is 0 Å². The van der Waals surface area contributed by atoms with E-state index in [9.17, 15) is 9.18 Å². The SMILES string of the molecule is CC1(C)CC#CC[C@](F)(C(N)=O)C1. The van der Waals surface area contributed by atoms with Crippen LogP contribution >= 0.6 is 0 Å². The number of primary amides is 1. The Morgan fingerprint density at radius 2 is 1.92 bits per heavy atom. The lowest BCUT2D eigenvalue weighted by Gasteiger charge is -2.28. The van der Waals surface area contributed by atoms with Crippen molar-refractivity contribution in [1.82, 2.24) is 0 Å². The van der Waals surface area contributed by atoms with Crippen LogP contribution in [0, 0.1) is 17.3 Å². The van der Waals surface area contributed by atoms with Crippen molar-refractivity contribution in [3.8, 4) is 11.8 Å². The first-order chi connectivity index (χ1) is 5.86. The van der Waals surface area contributed by atoms with Gasteiger partial charge >= 0.3 is 0 Å². The monoisotopic (exact) mass is 183 g/mol. The first-order valence-corrected chi connectivity index (χ1v) is 4.30. The number of rotatable bonds is 1. The van der Waals surface area contributed by atoms with Crippen LogP contribution < -0.4 is 5.73 Å². The highest BCUT2D eigenvalue weighted by molar-refractivity contribution is 5.83. The van der Waals surface area contributed by atoms with Gasteiger partial charge in [0.25, 0.3) is 5.91 Å². The minimum atomic E-state index is -1.94. The molecule has 0 radical (unpaired) electrons. The van der Waals surface area contributed by atoms with Crippen molar-refractivity contribution >= 4 is 5.91 Å². The van der Waals surface area contributed by atoms with Gasteiger partial charge in [-0.15, -0.1) is 5.92 Å². The summed E-state index contributed by atoms with van der Waals surface area (Å²) in [5, 5.41) is 0. The number of nitrogens with two attached hydrogens (primary N) is 1. The Hall–Kier alpha value is -1.04. The highest BCUT2D eigenvalue weighted by atomic mass is 19.1. The van der Waals surface area contributed by atoms with Gasteiger partial charge in [0, 0.05) is 6.42 Å². The molecule has 1 atom stereocenters. The third kappa shape index (κ3) is 2.21. The molecule has 0 heterocycles. The van der Waals surface area contributed by atoms with Crippen LogP contribution in [0.15, 0.2) is 0 Å². The molecule has 1 aliphatic carbocycles. The van der Waals surface area contributed by atoms with Gasteiger partial charge in [0.1, 0.15) is 0 Å². The van der Waals surface area contributed by atoms with Crippen LogP contribution in [0.25, 0.3) is 0 Å². The Labute approximate surface area is 77.7 Å². The van der Waals surface area contributed by atoms with E-state index < -0.39 is 11.6 Å². The zero-order valence-electron chi connectivity index (χ0n) is 7.98. The summed E-state index contributed by atoms with van der Waals surface area (Å²) in [5.41, 5.74) is 2.80. The average Bonchev–Trinajstić information content (AvgIpc) is 2.09. The molecule has 1 aliphatic rings. The molecular weight excluding hydrogens is 169 g/mol. The van der Waals surface area contributed by atoms with Crippen LogP contribution in [0.3, 0.4) is 0 Å². The first kappa shape index (κ1) is 10.0. The summed E-state index contributed by atoms with van der Waals surface area (Å²) in [4.78, 5) is 10.9. The molecule has 3 heteroatoms. The molecule has 0 saturated heterocycles. The number of hydrogen-bond acceptors (Lipinski definition) is 1. The Morgan fingerprint density at radius 3 is 2.46 bits per heavy atom. The smallest absolute Gasteiger partial charge is 0.256 e. The van der Waals surface area contributed by atoms with E-state index in [0.29, 0.717) is 6.42 Å². The molecule has 0 aromatic heterocycles. The quantitative estimate of drug-likeness (QED) is 0.613. The predicted molar refractivity (Wildman–Crippen MR) is 48.4 cm³/mol. The van der Waals surface area contributed by atoms with E-state index in [1.807, 2.05) is 13.8 Å². The molecule has 2 N–H and O–H groups in total. The van der Waals surface area contributed by atoms with E-state index in [2.05, 4.69) is 11.8 Å². The topological polar surface area (TPSA) is 43.1 Å². The highest BCUT2D eigenvalue weighted by Crippen LogP contribution is 2.36. The van der Waals surface area contributed by atoms with Crippen molar-refractivity contribution in [1.29, 1.82) is 0 Å². The highest BCUT2D eigenvalue weighted by Gasteiger charge is 2.42. The van der Waals surface area contributed by atoms with E-state index in [-0.39, 0.29) is 18.3 Å². The molecule has 1 amide bonds. The van der Waals surface area contributed by atoms with E-state index in [0.717, 1.165) is 0 Å². The fourth-order valence-electron chi connectivity index (χ4n) is 1.56. The van der Waals surface area contributed by atoms with E-state index in [4.69, 9.17) is 5.73 Å². The fourth-order valence-corrected chi connectivity index (χ4v) is 1.56. The molecule has 13 heavy (non-hydrogen) atoms. The second-order valence-electron chi connectivity index (χ2n) is 4.38. The maximum Gasteiger partial charge on any atom is 0.256 e. The minimum Gasteiger partial charge on any atom is -0.367 e. The van der Waals surface area contributed by atoms with Gasteiger partial charge in [0.2, 0.25) is 0 Å². The van der Waals surface area contributed by atoms with Crippen molar-refractivity contribution in [3.05, 3.63) is 0 Å². The third-order valence-corrected chi connectivity index (χ3v) is 2.26. The summed E-state index contributed by atoms with van der Waals surface area (Å²) < 4.78 is 13.9. The number of carbonyl (C=O) groups excluding carboxylic acids is 1. The molecule has 2 nitrogen and oxygen atoms in total. The van der Waals surface area contributed by atoms with Gasteiger partial charge in [0.15, 0.2) is 5.67 Å². The van der Waals surface area contributed by atoms with Gasteiger partial charge in [0.05, 0.1) is 6.42 Å². The normalized spacial score (nSPS) is 31.3. The lowest BCUT2D eigenvalue weighted by Crippen LogP contribution is -2.42. The number of alkyl halides is 1. The van der Waals surface area contributed by atoms with Crippen LogP contribution in [-0.4, -0.2) is 11.6 Å². The summed E-state index contributed by atoms with van der Waals surface area (Å²) >= 11 is 0. The summed E-state index contributed by atoms with van der Waals surface area (Å²) in [6, 6.07) is 0. The van der Waals surface area contributed by atoms with Crippen molar-refractivity contribution in [2.24, 2.45) is 11.1 Å². The third-order valence-electron chi connectivity index (χ3n) is 2.26. The molecule has 1 rings (SSSR count). The molecule has 0 spiro atoms. The average molecular weight is 183 g/mol. The number of hydrogen-bond donors (Lipinski definition) is 1. The zero-order valence-corrected chi connectivity index (χ0v) is 7.98. The lowest BCUT2D eigenvalue weighted by atomic mass is 9.79. The molecule has 0 fully saturated rings. The van der Waals surface area contributed by atoms with Crippen molar-refractivity contribution in [3.63, 3.8) is 0 Å². The number of amides is 1. The standard InChI is InChI=1S/C10H14FNO/c1-9(2)5-3-4-6-10(11,7-9)8(12)13/h5-7H2,1-2H3,(H2,12,13)/t10-/m1/s1. The molecular formula is C10H14FNO. The van der Waals surface area contributed by atoms with Gasteiger partial charge < -0.3 is 5.73 Å². The van der Waals surface area contributed by atoms with Crippen LogP contribution in [0.5, 0.6) is 0 Å². The molecule has 72 valence electrons. The van der Waals surface area contributed by atoms with E-state index in [1.165, 1.54) is 0 Å². The van der Waals surface area contributed by atoms with Crippen molar-refractivity contribution < 1.29 is 9.18 Å². The van der Waals surface area contributed by atoms with Gasteiger partial charge in [-0.2, -0.15) is 0 Å². The van der Waals surface area contributed by atoms with Crippen molar-refractivity contribution in [2.45, 2.75) is 38.8 Å². The van der Waals surface area contributed by atoms with Crippen LogP contribution in [-0.2, 0) is 4.79 Å². The van der Waals surface area contributed by atoms with E-state index in [1.54, 1.807) is 0 Å². The summed E-state index contributed by atoms with van der Waals surface area (Å²) in [6.07, 6.45) is 0.701. The lowest BCUT2D eigenvalue weighted by molar-refractivity contribution is -0.131. The molecule has 0 aliphatic heterocycles. The van der Waals surface area contributed by atoms with Crippen LogP contribution in [0.1, 0.15) is 33.1 Å². The van der Waals surface area contributed by atoms with Gasteiger partial charge in [-0.25, -0.2) is 4.39 Å². The molecule has 0 unspecified atom stereocenters. The Bertz CT molecular complexity index is 287. The molecule has 0 bridgehead atoms. The largest absolute Gasteiger partial charge is 0.367 e. The first-order valence-electron chi connectivity index (χ1n) is 4.30. The Morgan fingerprint density at radius 1 is 1.38 bits per heavy atom. The number of halogens is 1. The maximum atomic E-state index is 13.9. The zero-order chi connectivity index (χ0) is 10.1. The van der Waals surface area contributed by atoms with Gasteiger partial charge in [-0.3, -0.25) is 4.79 Å². The Kier molecular flexibility index (Phi) is 2.34. The molecule has 0 aromatic carbocycles. The summed E-state index contributed by atoms with van der Waals surface area (Å²) in [5.74, 6) is 4.61.